The van der Waals surface area contributed by atoms with Gasteiger partial charge in [-0.1, -0.05) is 48.9 Å². The molecule has 2 nitrogen and oxygen atoms in total. The Bertz CT molecular complexity index is 670. The normalized spacial score (nSPS) is 12.0. The van der Waals surface area contributed by atoms with Gasteiger partial charge in [0.05, 0.1) is 11.8 Å². The Labute approximate surface area is 151 Å². The van der Waals surface area contributed by atoms with Crippen LogP contribution in [0.4, 0.5) is 4.39 Å². The van der Waals surface area contributed by atoms with Gasteiger partial charge in [0.1, 0.15) is 5.82 Å². The van der Waals surface area contributed by atoms with Gasteiger partial charge in [0.15, 0.2) is 0 Å². The second-order valence-corrected chi connectivity index (χ2v) is 6.97. The van der Waals surface area contributed by atoms with E-state index < -0.39 is 0 Å². The summed E-state index contributed by atoms with van der Waals surface area (Å²) in [6, 6.07) is 12.8. The van der Waals surface area contributed by atoms with Gasteiger partial charge < -0.3 is 5.32 Å². The first-order valence-corrected chi connectivity index (χ1v) is 9.43. The summed E-state index contributed by atoms with van der Waals surface area (Å²) in [5, 5.41) is 3.36. The predicted octanol–water partition coefficient (Wildman–Crippen LogP) is 5.15. The lowest BCUT2D eigenvalue weighted by Gasteiger charge is -2.15. The summed E-state index contributed by atoms with van der Waals surface area (Å²) in [5.41, 5.74) is 2.79. The summed E-state index contributed by atoms with van der Waals surface area (Å²) < 4.78 is 13.7. The van der Waals surface area contributed by atoms with E-state index in [0.717, 1.165) is 12.0 Å². The van der Waals surface area contributed by atoms with Gasteiger partial charge in [-0.2, -0.15) is 0 Å². The minimum atomic E-state index is -0.334. The molecular formula is C19H21ClFNOS. The summed E-state index contributed by atoms with van der Waals surface area (Å²) in [4.78, 5) is 12.1. The smallest absolute Gasteiger partial charge is 0.230 e. The van der Waals surface area contributed by atoms with E-state index in [-0.39, 0.29) is 23.5 Å². The molecule has 0 aliphatic rings. The SMILES string of the molecule is CCc1ccc([C@@H](C)NC(=O)CSCc2c(F)cccc2Cl)cc1. The van der Waals surface area contributed by atoms with Gasteiger partial charge in [0.2, 0.25) is 5.91 Å². The highest BCUT2D eigenvalue weighted by molar-refractivity contribution is 7.99. The topological polar surface area (TPSA) is 29.1 Å². The maximum atomic E-state index is 13.7. The lowest BCUT2D eigenvalue weighted by molar-refractivity contribution is -0.119. The number of aryl methyl sites for hydroxylation is 1. The Morgan fingerprint density at radius 2 is 1.96 bits per heavy atom. The second-order valence-electron chi connectivity index (χ2n) is 5.58. The van der Waals surface area contributed by atoms with Crippen LogP contribution >= 0.6 is 23.4 Å². The van der Waals surface area contributed by atoms with Crippen LogP contribution < -0.4 is 5.32 Å². The molecule has 1 N–H and O–H groups in total. The minimum absolute atomic E-state index is 0.0546. The molecule has 1 atom stereocenters. The highest BCUT2D eigenvalue weighted by atomic mass is 35.5. The molecule has 0 heterocycles. The van der Waals surface area contributed by atoms with E-state index in [9.17, 15) is 9.18 Å². The average Bonchev–Trinajstić information content (AvgIpc) is 2.57. The molecule has 128 valence electrons. The van der Waals surface area contributed by atoms with Crippen LogP contribution in [0.1, 0.15) is 36.6 Å². The Kier molecular flexibility index (Phi) is 7.13. The van der Waals surface area contributed by atoms with Crippen LogP contribution in [-0.4, -0.2) is 11.7 Å². The fourth-order valence-corrected chi connectivity index (χ4v) is 3.50. The number of nitrogens with one attached hydrogen (secondary N) is 1. The molecule has 1 amide bonds. The Morgan fingerprint density at radius 1 is 1.25 bits per heavy atom. The van der Waals surface area contributed by atoms with Crippen molar-refractivity contribution in [2.24, 2.45) is 0 Å². The summed E-state index contributed by atoms with van der Waals surface area (Å²) in [6.07, 6.45) is 0.996. The van der Waals surface area contributed by atoms with Crippen molar-refractivity contribution in [3.05, 3.63) is 70.0 Å². The van der Waals surface area contributed by atoms with E-state index in [2.05, 4.69) is 24.4 Å². The largest absolute Gasteiger partial charge is 0.349 e. The second kappa shape index (κ2) is 9.09. The zero-order chi connectivity index (χ0) is 17.5. The van der Waals surface area contributed by atoms with E-state index >= 15 is 0 Å². The Balaban J connectivity index is 1.82. The molecule has 2 rings (SSSR count). The van der Waals surface area contributed by atoms with E-state index in [0.29, 0.717) is 16.3 Å². The van der Waals surface area contributed by atoms with Crippen molar-refractivity contribution in [3.8, 4) is 0 Å². The van der Waals surface area contributed by atoms with Gasteiger partial charge in [-0.05, 0) is 36.6 Å². The lowest BCUT2D eigenvalue weighted by Crippen LogP contribution is -2.28. The summed E-state index contributed by atoms with van der Waals surface area (Å²) in [7, 11) is 0. The van der Waals surface area contributed by atoms with E-state index in [4.69, 9.17) is 11.6 Å². The fraction of sp³-hybridized carbons (Fsp3) is 0.316. The van der Waals surface area contributed by atoms with Gasteiger partial charge in [-0.15, -0.1) is 11.8 Å². The average molecular weight is 366 g/mol. The third kappa shape index (κ3) is 5.25. The van der Waals surface area contributed by atoms with Crippen LogP contribution in [-0.2, 0) is 17.0 Å². The highest BCUT2D eigenvalue weighted by Gasteiger charge is 2.11. The molecule has 2 aromatic carbocycles. The maximum Gasteiger partial charge on any atom is 0.230 e. The number of carbonyl (C=O) groups excluding carboxylic acids is 1. The van der Waals surface area contributed by atoms with Gasteiger partial charge in [0.25, 0.3) is 0 Å². The third-order valence-corrected chi connectivity index (χ3v) is 5.12. The predicted molar refractivity (Wildman–Crippen MR) is 99.9 cm³/mol. The van der Waals surface area contributed by atoms with Gasteiger partial charge >= 0.3 is 0 Å². The number of benzene rings is 2. The van der Waals surface area contributed by atoms with Crippen molar-refractivity contribution in [2.75, 3.05) is 5.75 Å². The molecule has 5 heteroatoms. The molecule has 0 saturated heterocycles. The highest BCUT2D eigenvalue weighted by Crippen LogP contribution is 2.24. The van der Waals surface area contributed by atoms with Crippen molar-refractivity contribution >= 4 is 29.3 Å². The van der Waals surface area contributed by atoms with Gasteiger partial charge in [-0.3, -0.25) is 4.79 Å². The van der Waals surface area contributed by atoms with Crippen molar-refractivity contribution in [1.29, 1.82) is 0 Å². The van der Waals surface area contributed by atoms with Crippen LogP contribution in [0, 0.1) is 5.82 Å². The van der Waals surface area contributed by atoms with Crippen molar-refractivity contribution in [3.63, 3.8) is 0 Å². The number of carbonyl (C=O) groups is 1. The zero-order valence-corrected chi connectivity index (χ0v) is 15.4. The summed E-state index contributed by atoms with van der Waals surface area (Å²) in [5.74, 6) is 0.236. The number of halogens is 2. The molecule has 0 spiro atoms. The number of thioether (sulfide) groups is 1. The van der Waals surface area contributed by atoms with Crippen molar-refractivity contribution in [1.82, 2.24) is 5.32 Å². The molecule has 0 saturated carbocycles. The van der Waals surface area contributed by atoms with Crippen molar-refractivity contribution in [2.45, 2.75) is 32.1 Å². The van der Waals surface area contributed by atoms with E-state index in [1.165, 1.54) is 23.4 Å². The van der Waals surface area contributed by atoms with Crippen LogP contribution in [0.25, 0.3) is 0 Å². The molecule has 0 unspecified atom stereocenters. The molecule has 0 bridgehead atoms. The quantitative estimate of drug-likeness (QED) is 0.734. The number of amides is 1. The number of hydrogen-bond acceptors (Lipinski definition) is 2. The van der Waals surface area contributed by atoms with E-state index in [1.807, 2.05) is 19.1 Å². The first-order valence-electron chi connectivity index (χ1n) is 7.90. The van der Waals surface area contributed by atoms with Crippen LogP contribution in [0.3, 0.4) is 0 Å². The van der Waals surface area contributed by atoms with E-state index in [1.54, 1.807) is 12.1 Å². The molecule has 2 aromatic rings. The van der Waals surface area contributed by atoms with Crippen LogP contribution in [0.5, 0.6) is 0 Å². The molecule has 0 aliphatic heterocycles. The first kappa shape index (κ1) is 18.8. The van der Waals surface area contributed by atoms with Gasteiger partial charge in [0, 0.05) is 16.3 Å². The Morgan fingerprint density at radius 3 is 2.58 bits per heavy atom. The number of rotatable bonds is 7. The van der Waals surface area contributed by atoms with Crippen molar-refractivity contribution < 1.29 is 9.18 Å². The Hall–Kier alpha value is -1.52. The van der Waals surface area contributed by atoms with Gasteiger partial charge in [-0.25, -0.2) is 4.39 Å². The molecule has 24 heavy (non-hydrogen) atoms. The third-order valence-electron chi connectivity index (χ3n) is 3.81. The summed E-state index contributed by atoms with van der Waals surface area (Å²) >= 11 is 7.33. The lowest BCUT2D eigenvalue weighted by atomic mass is 10.1. The molecule has 0 fully saturated rings. The van der Waals surface area contributed by atoms with Crippen LogP contribution in [0.15, 0.2) is 42.5 Å². The molecule has 0 radical (unpaired) electrons. The minimum Gasteiger partial charge on any atom is -0.349 e. The molecule has 0 aliphatic carbocycles. The standard InChI is InChI=1S/C19H21ClFNOS/c1-3-14-7-9-15(10-8-14)13(2)22-19(23)12-24-11-16-17(20)5-4-6-18(16)21/h4-10,13H,3,11-12H2,1-2H3,(H,22,23)/t13-/m1/s1. The van der Waals surface area contributed by atoms with Crippen LogP contribution in [0.2, 0.25) is 5.02 Å². The maximum absolute atomic E-state index is 13.7. The fourth-order valence-electron chi connectivity index (χ4n) is 2.32. The summed E-state index contributed by atoms with van der Waals surface area (Å²) in [6.45, 7) is 4.07. The first-order chi connectivity index (χ1) is 11.5. The molecular weight excluding hydrogens is 345 g/mol. The zero-order valence-electron chi connectivity index (χ0n) is 13.8. The molecule has 0 aromatic heterocycles. The number of hydrogen-bond donors (Lipinski definition) is 1. The monoisotopic (exact) mass is 365 g/mol.